The number of H-pyrrole nitrogens is 1. The second kappa shape index (κ2) is 5.31. The molecule has 1 unspecified atom stereocenters. The van der Waals surface area contributed by atoms with Crippen LogP contribution in [0.25, 0.3) is 0 Å². The third-order valence-electron chi connectivity index (χ3n) is 3.08. The van der Waals surface area contributed by atoms with Crippen LogP contribution in [-0.4, -0.2) is 22.6 Å². The standard InChI is InChI=1S/C12H20N4O/c1-2-9(5-6-13)14-10-7-11(17)16-12(15-10)8-3-4-8/h7-9H,2-6,13H2,1H3,(H2,14,15,16,17). The highest BCUT2D eigenvalue weighted by Crippen LogP contribution is 2.37. The fraction of sp³-hybridized carbons (Fsp3) is 0.667. The van der Waals surface area contributed by atoms with Crippen molar-refractivity contribution in [2.45, 2.75) is 44.6 Å². The summed E-state index contributed by atoms with van der Waals surface area (Å²) in [4.78, 5) is 18.8. The maximum Gasteiger partial charge on any atom is 0.252 e. The lowest BCUT2D eigenvalue weighted by molar-refractivity contribution is 0.638. The monoisotopic (exact) mass is 236 g/mol. The minimum Gasteiger partial charge on any atom is -0.367 e. The fourth-order valence-electron chi connectivity index (χ4n) is 1.89. The van der Waals surface area contributed by atoms with Gasteiger partial charge in [-0.25, -0.2) is 4.98 Å². The Morgan fingerprint density at radius 1 is 1.65 bits per heavy atom. The Morgan fingerprint density at radius 2 is 2.41 bits per heavy atom. The van der Waals surface area contributed by atoms with Crippen LogP contribution in [0.1, 0.15) is 44.3 Å². The van der Waals surface area contributed by atoms with Gasteiger partial charge in [0.15, 0.2) is 0 Å². The van der Waals surface area contributed by atoms with Crippen LogP contribution in [0.5, 0.6) is 0 Å². The van der Waals surface area contributed by atoms with Gasteiger partial charge < -0.3 is 16.0 Å². The summed E-state index contributed by atoms with van der Waals surface area (Å²) in [5.74, 6) is 1.96. The lowest BCUT2D eigenvalue weighted by atomic mass is 10.1. The topological polar surface area (TPSA) is 83.8 Å². The van der Waals surface area contributed by atoms with E-state index < -0.39 is 0 Å². The lowest BCUT2D eigenvalue weighted by Gasteiger charge is -2.16. The number of hydrogen-bond acceptors (Lipinski definition) is 4. The van der Waals surface area contributed by atoms with Gasteiger partial charge in [0.25, 0.3) is 5.56 Å². The molecular weight excluding hydrogens is 216 g/mol. The van der Waals surface area contributed by atoms with Gasteiger partial charge in [0.1, 0.15) is 11.6 Å². The molecule has 17 heavy (non-hydrogen) atoms. The van der Waals surface area contributed by atoms with Gasteiger partial charge in [-0.3, -0.25) is 4.79 Å². The van der Waals surface area contributed by atoms with Crippen LogP contribution in [0.2, 0.25) is 0 Å². The second-order valence-corrected chi connectivity index (χ2v) is 4.62. The van der Waals surface area contributed by atoms with E-state index in [4.69, 9.17) is 5.73 Å². The number of rotatable bonds is 6. The number of nitrogens with zero attached hydrogens (tertiary/aromatic N) is 1. The molecular formula is C12H20N4O. The molecule has 1 atom stereocenters. The molecule has 0 bridgehead atoms. The molecule has 5 heteroatoms. The van der Waals surface area contributed by atoms with Crippen molar-refractivity contribution in [3.05, 3.63) is 22.2 Å². The first-order valence-electron chi connectivity index (χ1n) is 6.30. The molecule has 0 spiro atoms. The van der Waals surface area contributed by atoms with Crippen LogP contribution in [0, 0.1) is 0 Å². The van der Waals surface area contributed by atoms with E-state index in [-0.39, 0.29) is 5.56 Å². The first-order chi connectivity index (χ1) is 8.22. The van der Waals surface area contributed by atoms with Crippen LogP contribution in [0.3, 0.4) is 0 Å². The number of anilines is 1. The number of aromatic amines is 1. The molecule has 1 aromatic rings. The molecule has 94 valence electrons. The second-order valence-electron chi connectivity index (χ2n) is 4.62. The Kier molecular flexibility index (Phi) is 3.78. The van der Waals surface area contributed by atoms with Crippen molar-refractivity contribution in [1.29, 1.82) is 0 Å². The van der Waals surface area contributed by atoms with Crippen molar-refractivity contribution in [1.82, 2.24) is 9.97 Å². The van der Waals surface area contributed by atoms with Gasteiger partial charge in [-0.15, -0.1) is 0 Å². The summed E-state index contributed by atoms with van der Waals surface area (Å²) in [7, 11) is 0. The van der Waals surface area contributed by atoms with Crippen molar-refractivity contribution in [3.8, 4) is 0 Å². The summed E-state index contributed by atoms with van der Waals surface area (Å²) < 4.78 is 0. The zero-order chi connectivity index (χ0) is 12.3. The van der Waals surface area contributed by atoms with Crippen molar-refractivity contribution in [2.24, 2.45) is 5.73 Å². The molecule has 1 aromatic heterocycles. The molecule has 0 aliphatic heterocycles. The number of nitrogens with one attached hydrogen (secondary N) is 2. The van der Waals surface area contributed by atoms with Crippen LogP contribution in [0.15, 0.2) is 10.9 Å². The van der Waals surface area contributed by atoms with Crippen LogP contribution in [0.4, 0.5) is 5.82 Å². The van der Waals surface area contributed by atoms with Gasteiger partial charge in [0.2, 0.25) is 0 Å². The highest BCUT2D eigenvalue weighted by atomic mass is 16.1. The normalized spacial score (nSPS) is 16.8. The average molecular weight is 236 g/mol. The van der Waals surface area contributed by atoms with E-state index in [0.29, 0.717) is 24.3 Å². The lowest BCUT2D eigenvalue weighted by Crippen LogP contribution is -2.24. The Morgan fingerprint density at radius 3 is 3.00 bits per heavy atom. The van der Waals surface area contributed by atoms with Gasteiger partial charge in [-0.2, -0.15) is 0 Å². The summed E-state index contributed by atoms with van der Waals surface area (Å²) >= 11 is 0. The molecule has 4 N–H and O–H groups in total. The maximum absolute atomic E-state index is 11.5. The van der Waals surface area contributed by atoms with Crippen molar-refractivity contribution < 1.29 is 0 Å². The zero-order valence-electron chi connectivity index (χ0n) is 10.2. The predicted octanol–water partition coefficient (Wildman–Crippen LogP) is 1.19. The largest absolute Gasteiger partial charge is 0.367 e. The van der Waals surface area contributed by atoms with Crippen LogP contribution < -0.4 is 16.6 Å². The molecule has 1 aliphatic carbocycles. The van der Waals surface area contributed by atoms with E-state index in [1.54, 1.807) is 0 Å². The molecule has 1 heterocycles. The van der Waals surface area contributed by atoms with E-state index in [1.165, 1.54) is 6.07 Å². The smallest absolute Gasteiger partial charge is 0.252 e. The van der Waals surface area contributed by atoms with Crippen molar-refractivity contribution in [3.63, 3.8) is 0 Å². The molecule has 1 fully saturated rings. The predicted molar refractivity (Wildman–Crippen MR) is 68.2 cm³/mol. The summed E-state index contributed by atoms with van der Waals surface area (Å²) in [5, 5.41) is 3.28. The average Bonchev–Trinajstić information content (AvgIpc) is 3.11. The number of aromatic nitrogens is 2. The molecule has 1 aliphatic rings. The van der Waals surface area contributed by atoms with E-state index in [0.717, 1.165) is 31.5 Å². The Bertz CT molecular complexity index is 425. The Labute approximate surface area is 101 Å². The van der Waals surface area contributed by atoms with Crippen LogP contribution >= 0.6 is 0 Å². The summed E-state index contributed by atoms with van der Waals surface area (Å²) in [6, 6.07) is 1.81. The number of nitrogens with two attached hydrogens (primary N) is 1. The Hall–Kier alpha value is -1.36. The highest BCUT2D eigenvalue weighted by Gasteiger charge is 2.26. The molecule has 1 saturated carbocycles. The first kappa shape index (κ1) is 12.1. The van der Waals surface area contributed by atoms with Gasteiger partial charge in [0, 0.05) is 18.0 Å². The first-order valence-corrected chi connectivity index (χ1v) is 6.30. The SMILES string of the molecule is CCC(CCN)Nc1cc(=O)[nH]c(C2CC2)n1. The minimum atomic E-state index is -0.0769. The maximum atomic E-state index is 11.5. The molecule has 2 rings (SSSR count). The van der Waals surface area contributed by atoms with E-state index >= 15 is 0 Å². The quantitative estimate of drug-likeness (QED) is 0.692. The van der Waals surface area contributed by atoms with E-state index in [2.05, 4.69) is 22.2 Å². The minimum absolute atomic E-state index is 0.0769. The molecule has 0 amide bonds. The third-order valence-corrected chi connectivity index (χ3v) is 3.08. The van der Waals surface area contributed by atoms with Gasteiger partial charge in [0.05, 0.1) is 0 Å². The van der Waals surface area contributed by atoms with Crippen molar-refractivity contribution >= 4 is 5.82 Å². The third kappa shape index (κ3) is 3.30. The van der Waals surface area contributed by atoms with Gasteiger partial charge in [-0.05, 0) is 32.2 Å². The van der Waals surface area contributed by atoms with E-state index in [1.807, 2.05) is 0 Å². The van der Waals surface area contributed by atoms with Gasteiger partial charge >= 0.3 is 0 Å². The van der Waals surface area contributed by atoms with Crippen LogP contribution in [-0.2, 0) is 0 Å². The number of hydrogen-bond donors (Lipinski definition) is 3. The molecule has 0 radical (unpaired) electrons. The summed E-state index contributed by atoms with van der Waals surface area (Å²) in [6.45, 7) is 2.74. The highest BCUT2D eigenvalue weighted by molar-refractivity contribution is 5.35. The van der Waals surface area contributed by atoms with Gasteiger partial charge in [-0.1, -0.05) is 6.92 Å². The molecule has 0 saturated heterocycles. The summed E-state index contributed by atoms with van der Waals surface area (Å²) in [6.07, 6.45) is 4.13. The molecule has 0 aromatic carbocycles. The fourth-order valence-corrected chi connectivity index (χ4v) is 1.89. The molecule has 5 nitrogen and oxygen atoms in total. The van der Waals surface area contributed by atoms with Crippen molar-refractivity contribution in [2.75, 3.05) is 11.9 Å². The summed E-state index contributed by atoms with van der Waals surface area (Å²) in [5.41, 5.74) is 5.47. The zero-order valence-corrected chi connectivity index (χ0v) is 10.2. The van der Waals surface area contributed by atoms with E-state index in [9.17, 15) is 4.79 Å². The Balaban J connectivity index is 2.11.